The summed E-state index contributed by atoms with van der Waals surface area (Å²) in [5, 5.41) is 0.775. The molecule has 0 aliphatic rings. The molecule has 0 spiro atoms. The van der Waals surface area contributed by atoms with Gasteiger partial charge in [-0.1, -0.05) is 46.5 Å². The Balaban J connectivity index is 3.23. The van der Waals surface area contributed by atoms with Gasteiger partial charge in [0.2, 0.25) is 0 Å². The zero-order valence-electron chi connectivity index (χ0n) is 10.1. The highest BCUT2D eigenvalue weighted by Crippen LogP contribution is 2.16. The molecule has 2 unspecified atom stereocenters. The molecule has 0 bridgehead atoms. The lowest BCUT2D eigenvalue weighted by Gasteiger charge is -2.13. The van der Waals surface area contributed by atoms with Crippen molar-refractivity contribution in [3.05, 3.63) is 0 Å². The van der Waals surface area contributed by atoms with Crippen molar-refractivity contribution in [1.82, 2.24) is 0 Å². The van der Waals surface area contributed by atoms with E-state index in [0.717, 1.165) is 11.0 Å². The van der Waals surface area contributed by atoms with E-state index in [0.29, 0.717) is 6.04 Å². The summed E-state index contributed by atoms with van der Waals surface area (Å²) in [5.74, 6) is 1.14. The normalized spacial score (nSPS) is 15.4. The van der Waals surface area contributed by atoms with E-state index in [1.165, 1.54) is 38.5 Å². The van der Waals surface area contributed by atoms with Crippen molar-refractivity contribution >= 4 is 11.8 Å². The molecule has 0 fully saturated rings. The molecule has 2 N–H and O–H groups in total. The second kappa shape index (κ2) is 9.85. The predicted molar refractivity (Wildman–Crippen MR) is 68.9 cm³/mol. The van der Waals surface area contributed by atoms with E-state index in [1.54, 1.807) is 0 Å². The third-order valence-electron chi connectivity index (χ3n) is 2.60. The maximum atomic E-state index is 6.04. The molecule has 2 atom stereocenters. The van der Waals surface area contributed by atoms with E-state index < -0.39 is 0 Å². The minimum absolute atomic E-state index is 0.422. The summed E-state index contributed by atoms with van der Waals surface area (Å²) in [5.41, 5.74) is 6.04. The summed E-state index contributed by atoms with van der Waals surface area (Å²) in [6.07, 6.45) is 7.83. The average molecular weight is 217 g/mol. The Labute approximate surface area is 94.2 Å². The van der Waals surface area contributed by atoms with Crippen LogP contribution in [-0.4, -0.2) is 17.0 Å². The van der Waals surface area contributed by atoms with E-state index in [1.807, 2.05) is 11.8 Å². The van der Waals surface area contributed by atoms with Crippen LogP contribution in [0.2, 0.25) is 0 Å². The molecule has 0 aliphatic carbocycles. The maximum Gasteiger partial charge on any atom is 0.0130 e. The van der Waals surface area contributed by atoms with Gasteiger partial charge < -0.3 is 5.73 Å². The zero-order valence-corrected chi connectivity index (χ0v) is 10.9. The Morgan fingerprint density at radius 2 is 1.86 bits per heavy atom. The molecule has 2 heteroatoms. The Hall–Kier alpha value is 0.310. The van der Waals surface area contributed by atoms with Crippen LogP contribution in [0.3, 0.4) is 0 Å². The molecule has 0 amide bonds. The standard InChI is InChI=1S/C12H27NS/c1-4-6-7-8-9-12(13)10-14-11(3)5-2/h11-12H,4-10,13H2,1-3H3. The number of nitrogens with two attached hydrogens (primary N) is 1. The fourth-order valence-corrected chi connectivity index (χ4v) is 2.30. The maximum absolute atomic E-state index is 6.04. The smallest absolute Gasteiger partial charge is 0.0130 e. The molecule has 0 aromatic rings. The lowest BCUT2D eigenvalue weighted by molar-refractivity contribution is 0.579. The molecule has 14 heavy (non-hydrogen) atoms. The van der Waals surface area contributed by atoms with Crippen LogP contribution in [0.4, 0.5) is 0 Å². The van der Waals surface area contributed by atoms with Crippen molar-refractivity contribution in [1.29, 1.82) is 0 Å². The van der Waals surface area contributed by atoms with Crippen molar-refractivity contribution in [3.63, 3.8) is 0 Å². The predicted octanol–water partition coefficient (Wildman–Crippen LogP) is 3.82. The molecule has 0 aromatic heterocycles. The van der Waals surface area contributed by atoms with Gasteiger partial charge in [-0.3, -0.25) is 0 Å². The molecule has 0 aliphatic heterocycles. The minimum atomic E-state index is 0.422. The summed E-state index contributed by atoms with van der Waals surface area (Å²) in [6, 6.07) is 0.422. The van der Waals surface area contributed by atoms with Gasteiger partial charge in [-0.25, -0.2) is 0 Å². The van der Waals surface area contributed by atoms with Gasteiger partial charge in [-0.2, -0.15) is 11.8 Å². The van der Waals surface area contributed by atoms with E-state index in [9.17, 15) is 0 Å². The fraction of sp³-hybridized carbons (Fsp3) is 1.00. The molecule has 86 valence electrons. The van der Waals surface area contributed by atoms with Crippen LogP contribution < -0.4 is 5.73 Å². The van der Waals surface area contributed by atoms with Gasteiger partial charge in [0.25, 0.3) is 0 Å². The van der Waals surface area contributed by atoms with Crippen LogP contribution in [0.25, 0.3) is 0 Å². The molecule has 0 radical (unpaired) electrons. The Bertz CT molecular complexity index is 117. The number of hydrogen-bond acceptors (Lipinski definition) is 2. The van der Waals surface area contributed by atoms with Gasteiger partial charge in [0, 0.05) is 17.0 Å². The third-order valence-corrected chi connectivity index (χ3v) is 4.12. The first-order valence-electron chi connectivity index (χ1n) is 6.07. The largest absolute Gasteiger partial charge is 0.327 e. The van der Waals surface area contributed by atoms with Crippen LogP contribution >= 0.6 is 11.8 Å². The quantitative estimate of drug-likeness (QED) is 0.594. The molecule has 0 heterocycles. The molecular weight excluding hydrogens is 190 g/mol. The second-order valence-corrected chi connectivity index (χ2v) is 5.63. The van der Waals surface area contributed by atoms with Gasteiger partial charge >= 0.3 is 0 Å². The van der Waals surface area contributed by atoms with E-state index in [-0.39, 0.29) is 0 Å². The van der Waals surface area contributed by atoms with Gasteiger partial charge in [-0.05, 0) is 12.8 Å². The topological polar surface area (TPSA) is 26.0 Å². The molecular formula is C12H27NS. The number of hydrogen-bond donors (Lipinski definition) is 1. The van der Waals surface area contributed by atoms with Crippen LogP contribution in [0.1, 0.15) is 59.3 Å². The summed E-state index contributed by atoms with van der Waals surface area (Å²) in [6.45, 7) is 6.78. The van der Waals surface area contributed by atoms with Crippen molar-refractivity contribution in [2.75, 3.05) is 5.75 Å². The Morgan fingerprint density at radius 3 is 2.43 bits per heavy atom. The lowest BCUT2D eigenvalue weighted by atomic mass is 10.1. The fourth-order valence-electron chi connectivity index (χ4n) is 1.32. The van der Waals surface area contributed by atoms with Crippen molar-refractivity contribution in [2.24, 2.45) is 5.73 Å². The summed E-state index contributed by atoms with van der Waals surface area (Å²) in [7, 11) is 0. The summed E-state index contributed by atoms with van der Waals surface area (Å²) in [4.78, 5) is 0. The molecule has 0 saturated heterocycles. The Morgan fingerprint density at radius 1 is 1.14 bits per heavy atom. The summed E-state index contributed by atoms with van der Waals surface area (Å²) < 4.78 is 0. The monoisotopic (exact) mass is 217 g/mol. The van der Waals surface area contributed by atoms with Gasteiger partial charge in [0.1, 0.15) is 0 Å². The molecule has 0 saturated carbocycles. The van der Waals surface area contributed by atoms with Crippen LogP contribution in [0, 0.1) is 0 Å². The first kappa shape index (κ1) is 14.3. The van der Waals surface area contributed by atoms with Crippen molar-refractivity contribution < 1.29 is 0 Å². The molecule has 0 rings (SSSR count). The Kier molecular flexibility index (Phi) is 10.1. The van der Waals surface area contributed by atoms with E-state index in [4.69, 9.17) is 5.73 Å². The highest BCUT2D eigenvalue weighted by Gasteiger charge is 2.05. The highest BCUT2D eigenvalue weighted by molar-refractivity contribution is 7.99. The number of rotatable bonds is 9. The number of unbranched alkanes of at least 4 members (excludes halogenated alkanes) is 3. The van der Waals surface area contributed by atoms with Crippen LogP contribution in [0.15, 0.2) is 0 Å². The molecule has 1 nitrogen and oxygen atoms in total. The minimum Gasteiger partial charge on any atom is -0.327 e. The van der Waals surface area contributed by atoms with Crippen molar-refractivity contribution in [2.45, 2.75) is 70.6 Å². The molecule has 0 aromatic carbocycles. The first-order chi connectivity index (χ1) is 6.70. The lowest BCUT2D eigenvalue weighted by Crippen LogP contribution is -2.23. The summed E-state index contributed by atoms with van der Waals surface area (Å²) >= 11 is 2.02. The van der Waals surface area contributed by atoms with Gasteiger partial charge in [0.05, 0.1) is 0 Å². The van der Waals surface area contributed by atoms with Crippen molar-refractivity contribution in [3.8, 4) is 0 Å². The first-order valence-corrected chi connectivity index (χ1v) is 7.12. The number of thioether (sulfide) groups is 1. The van der Waals surface area contributed by atoms with E-state index in [2.05, 4.69) is 20.8 Å². The SMILES string of the molecule is CCCCCCC(N)CSC(C)CC. The third kappa shape index (κ3) is 8.89. The van der Waals surface area contributed by atoms with Crippen LogP contribution in [0.5, 0.6) is 0 Å². The zero-order chi connectivity index (χ0) is 10.8. The second-order valence-electron chi connectivity index (χ2n) is 4.16. The average Bonchev–Trinajstić information content (AvgIpc) is 2.21. The highest BCUT2D eigenvalue weighted by atomic mass is 32.2. The van der Waals surface area contributed by atoms with Crippen LogP contribution in [-0.2, 0) is 0 Å². The van der Waals surface area contributed by atoms with Gasteiger partial charge in [0.15, 0.2) is 0 Å². The van der Waals surface area contributed by atoms with Gasteiger partial charge in [-0.15, -0.1) is 0 Å². The van der Waals surface area contributed by atoms with E-state index >= 15 is 0 Å².